The third-order valence-corrected chi connectivity index (χ3v) is 3.53. The molecule has 2 amide bonds. The average molecular weight is 299 g/mol. The number of furan rings is 1. The minimum absolute atomic E-state index is 0.0233. The van der Waals surface area contributed by atoms with Crippen LogP contribution >= 0.6 is 0 Å². The molecule has 0 aliphatic carbocycles. The van der Waals surface area contributed by atoms with Crippen molar-refractivity contribution in [2.45, 2.75) is 18.9 Å². The molecule has 1 aromatic carbocycles. The van der Waals surface area contributed by atoms with Gasteiger partial charge < -0.3 is 20.4 Å². The molecule has 3 rings (SSSR count). The quantitative estimate of drug-likeness (QED) is 0.808. The first-order valence-corrected chi connectivity index (χ1v) is 7.21. The van der Waals surface area contributed by atoms with Gasteiger partial charge in [-0.3, -0.25) is 9.59 Å². The molecule has 6 nitrogen and oxygen atoms in total. The Morgan fingerprint density at radius 3 is 2.41 bits per heavy atom. The molecule has 1 aliphatic heterocycles. The van der Waals surface area contributed by atoms with E-state index in [4.69, 9.17) is 4.42 Å². The third kappa shape index (κ3) is 3.35. The zero-order valence-corrected chi connectivity index (χ0v) is 12.0. The lowest BCUT2D eigenvalue weighted by atomic mass is 10.2. The van der Waals surface area contributed by atoms with Crippen LogP contribution < -0.4 is 16.0 Å². The molecule has 3 N–H and O–H groups in total. The van der Waals surface area contributed by atoms with Crippen LogP contribution in [0.2, 0.25) is 0 Å². The van der Waals surface area contributed by atoms with Crippen molar-refractivity contribution in [1.29, 1.82) is 0 Å². The molecule has 2 aromatic rings. The molecule has 2 heterocycles. The number of carbonyl (C=O) groups excluding carboxylic acids is 2. The Labute approximate surface area is 127 Å². The lowest BCUT2D eigenvalue weighted by molar-refractivity contribution is -0.117. The first-order valence-electron chi connectivity index (χ1n) is 7.21. The number of anilines is 2. The van der Waals surface area contributed by atoms with E-state index in [1.54, 1.807) is 36.4 Å². The molecule has 0 unspecified atom stereocenters. The number of nitrogens with one attached hydrogen (secondary N) is 3. The maximum Gasteiger partial charge on any atom is 0.291 e. The fraction of sp³-hybridized carbons (Fsp3) is 0.250. The summed E-state index contributed by atoms with van der Waals surface area (Å²) in [5, 5.41) is 8.73. The maximum atomic E-state index is 12.0. The van der Waals surface area contributed by atoms with E-state index >= 15 is 0 Å². The van der Waals surface area contributed by atoms with Crippen LogP contribution in [-0.4, -0.2) is 24.4 Å². The van der Waals surface area contributed by atoms with Crippen molar-refractivity contribution in [3.8, 4) is 0 Å². The molecule has 0 saturated carbocycles. The first-order chi connectivity index (χ1) is 10.7. The Kier molecular flexibility index (Phi) is 4.20. The second kappa shape index (κ2) is 6.44. The summed E-state index contributed by atoms with van der Waals surface area (Å²) >= 11 is 0. The van der Waals surface area contributed by atoms with E-state index < -0.39 is 0 Å². The molecule has 0 spiro atoms. The van der Waals surface area contributed by atoms with Crippen LogP contribution in [0.25, 0.3) is 0 Å². The van der Waals surface area contributed by atoms with E-state index in [1.165, 1.54) is 6.26 Å². The number of rotatable bonds is 4. The van der Waals surface area contributed by atoms with Gasteiger partial charge in [0, 0.05) is 11.4 Å². The third-order valence-electron chi connectivity index (χ3n) is 3.53. The smallest absolute Gasteiger partial charge is 0.291 e. The highest BCUT2D eigenvalue weighted by atomic mass is 16.3. The van der Waals surface area contributed by atoms with E-state index in [0.717, 1.165) is 19.4 Å². The summed E-state index contributed by atoms with van der Waals surface area (Å²) in [5.74, 6) is -0.0773. The van der Waals surface area contributed by atoms with E-state index in [-0.39, 0.29) is 23.6 Å². The van der Waals surface area contributed by atoms with Crippen LogP contribution in [0.5, 0.6) is 0 Å². The molecule has 1 aromatic heterocycles. The van der Waals surface area contributed by atoms with Crippen LogP contribution in [0.3, 0.4) is 0 Å². The van der Waals surface area contributed by atoms with Crippen molar-refractivity contribution in [2.24, 2.45) is 0 Å². The van der Waals surface area contributed by atoms with E-state index in [1.807, 2.05) is 0 Å². The highest BCUT2D eigenvalue weighted by molar-refractivity contribution is 6.02. The Morgan fingerprint density at radius 1 is 1.09 bits per heavy atom. The normalized spacial score (nSPS) is 17.2. The van der Waals surface area contributed by atoms with Gasteiger partial charge >= 0.3 is 0 Å². The van der Waals surface area contributed by atoms with E-state index in [0.29, 0.717) is 11.4 Å². The van der Waals surface area contributed by atoms with Gasteiger partial charge in [-0.05, 0) is 55.8 Å². The van der Waals surface area contributed by atoms with Crippen LogP contribution in [0.15, 0.2) is 47.1 Å². The zero-order valence-electron chi connectivity index (χ0n) is 12.0. The van der Waals surface area contributed by atoms with Crippen LogP contribution in [0, 0.1) is 0 Å². The molecule has 22 heavy (non-hydrogen) atoms. The van der Waals surface area contributed by atoms with Gasteiger partial charge in [0.25, 0.3) is 5.91 Å². The second-order valence-electron chi connectivity index (χ2n) is 5.15. The second-order valence-corrected chi connectivity index (χ2v) is 5.15. The molecule has 6 heteroatoms. The van der Waals surface area contributed by atoms with Gasteiger partial charge in [-0.15, -0.1) is 0 Å². The van der Waals surface area contributed by atoms with E-state index in [2.05, 4.69) is 16.0 Å². The lowest BCUT2D eigenvalue weighted by Gasteiger charge is -2.11. The topological polar surface area (TPSA) is 83.4 Å². The van der Waals surface area contributed by atoms with Crippen LogP contribution in [-0.2, 0) is 4.79 Å². The molecule has 0 bridgehead atoms. The predicted molar refractivity (Wildman–Crippen MR) is 82.8 cm³/mol. The number of hydrogen-bond donors (Lipinski definition) is 3. The summed E-state index contributed by atoms with van der Waals surface area (Å²) in [6.45, 7) is 0.885. The monoisotopic (exact) mass is 299 g/mol. The molecular formula is C16H17N3O3. The molecule has 1 saturated heterocycles. The van der Waals surface area contributed by atoms with Gasteiger partial charge in [-0.25, -0.2) is 0 Å². The highest BCUT2D eigenvalue weighted by Crippen LogP contribution is 2.16. The SMILES string of the molecule is O=C(Nc1ccc(NC(=O)[C@@H]2CCCN2)cc1)c1ccco1. The summed E-state index contributed by atoms with van der Waals surface area (Å²) < 4.78 is 5.02. The number of benzene rings is 1. The van der Waals surface area contributed by atoms with Crippen molar-refractivity contribution < 1.29 is 14.0 Å². The standard InChI is InChI=1S/C16H17N3O3/c20-15(13-3-1-9-17-13)18-11-5-7-12(8-6-11)19-16(21)14-4-2-10-22-14/h2,4-8,10,13,17H,1,3,9H2,(H,18,20)(H,19,21)/t13-/m0/s1. The molecule has 1 atom stereocenters. The Balaban J connectivity index is 1.58. The zero-order chi connectivity index (χ0) is 15.4. The summed E-state index contributed by atoms with van der Waals surface area (Å²) in [6, 6.07) is 10.1. The minimum atomic E-state index is -0.308. The Hall–Kier alpha value is -2.60. The van der Waals surface area contributed by atoms with Crippen molar-refractivity contribution in [3.63, 3.8) is 0 Å². The fourth-order valence-electron chi connectivity index (χ4n) is 2.38. The van der Waals surface area contributed by atoms with Crippen molar-refractivity contribution in [3.05, 3.63) is 48.4 Å². The number of hydrogen-bond acceptors (Lipinski definition) is 4. The number of carbonyl (C=O) groups is 2. The summed E-state index contributed by atoms with van der Waals surface area (Å²) in [6.07, 6.45) is 3.34. The van der Waals surface area contributed by atoms with Crippen LogP contribution in [0.4, 0.5) is 11.4 Å². The molecule has 1 fully saturated rings. The van der Waals surface area contributed by atoms with Gasteiger partial charge in [0.15, 0.2) is 5.76 Å². The minimum Gasteiger partial charge on any atom is -0.459 e. The van der Waals surface area contributed by atoms with E-state index in [9.17, 15) is 9.59 Å². The molecule has 114 valence electrons. The highest BCUT2D eigenvalue weighted by Gasteiger charge is 2.21. The lowest BCUT2D eigenvalue weighted by Crippen LogP contribution is -2.35. The van der Waals surface area contributed by atoms with Gasteiger partial charge in [0.1, 0.15) is 0 Å². The maximum absolute atomic E-state index is 12.0. The summed E-state index contributed by atoms with van der Waals surface area (Å²) in [5.41, 5.74) is 1.34. The van der Waals surface area contributed by atoms with Gasteiger partial charge in [0.2, 0.25) is 5.91 Å². The molecular weight excluding hydrogens is 282 g/mol. The van der Waals surface area contributed by atoms with Gasteiger partial charge in [-0.2, -0.15) is 0 Å². The Bertz CT molecular complexity index is 644. The average Bonchev–Trinajstić information content (AvgIpc) is 3.23. The summed E-state index contributed by atoms with van der Waals surface area (Å²) in [7, 11) is 0. The Morgan fingerprint density at radius 2 is 1.82 bits per heavy atom. The van der Waals surface area contributed by atoms with Gasteiger partial charge in [0.05, 0.1) is 12.3 Å². The van der Waals surface area contributed by atoms with Crippen LogP contribution in [0.1, 0.15) is 23.4 Å². The van der Waals surface area contributed by atoms with Crippen molar-refractivity contribution >= 4 is 23.2 Å². The predicted octanol–water partition coefficient (Wildman–Crippen LogP) is 2.22. The fourth-order valence-corrected chi connectivity index (χ4v) is 2.38. The number of amides is 2. The van der Waals surface area contributed by atoms with Gasteiger partial charge in [-0.1, -0.05) is 0 Å². The molecule has 1 aliphatic rings. The van der Waals surface area contributed by atoms with Crippen molar-refractivity contribution in [2.75, 3.05) is 17.2 Å². The molecule has 0 radical (unpaired) electrons. The largest absolute Gasteiger partial charge is 0.459 e. The first kappa shape index (κ1) is 14.3. The van der Waals surface area contributed by atoms with Crippen molar-refractivity contribution in [1.82, 2.24) is 5.32 Å². The summed E-state index contributed by atoms with van der Waals surface area (Å²) in [4.78, 5) is 23.8.